The number of fused-ring (bicyclic) bond motifs is 1. The molecule has 0 aliphatic carbocycles. The molecule has 3 N–H and O–H groups in total. The summed E-state index contributed by atoms with van der Waals surface area (Å²) in [7, 11) is 0. The number of imidazole rings is 1. The molecule has 0 saturated carbocycles. The molecule has 2 atom stereocenters. The number of carboxylic acid groups (broad SMARTS) is 1. The average molecular weight is 361 g/mol. The summed E-state index contributed by atoms with van der Waals surface area (Å²) in [5.74, 6) is -0.180. The molecule has 26 heavy (non-hydrogen) atoms. The minimum absolute atomic E-state index is 0.234. The Hall–Kier alpha value is -2.21. The van der Waals surface area contributed by atoms with Crippen molar-refractivity contribution in [2.75, 3.05) is 6.54 Å². The molecule has 6 heteroatoms. The number of nitrogens with zero attached hydrogens (tertiary/aromatic N) is 1. The summed E-state index contributed by atoms with van der Waals surface area (Å²) in [6.07, 6.45) is 5.54. The van der Waals surface area contributed by atoms with E-state index in [9.17, 15) is 14.3 Å². The van der Waals surface area contributed by atoms with E-state index in [2.05, 4.69) is 42.1 Å². The molecule has 0 aliphatic heterocycles. The number of aromatic nitrogens is 2. The first-order valence-electron chi connectivity index (χ1n) is 9.09. The fourth-order valence-corrected chi connectivity index (χ4v) is 2.88. The number of allylic oxidation sites excluding steroid dienone is 2. The van der Waals surface area contributed by atoms with Gasteiger partial charge in [-0.1, -0.05) is 18.6 Å². The number of nitrogens with one attached hydrogen (secondary N) is 2. The standard InChI is InChI=1S/C20H28FN3O2/c1-13(2)5-4-6-14(3)9-10-22-18(20(25)26)12-19-23-16-8-7-15(21)11-17(16)24-19/h5,7-8,11,14,18,22H,4,6,9-10,12H2,1-3H3,(H,23,24)(H,25,26)/t14-,18+/m0/s1. The number of benzene rings is 1. The molecule has 5 nitrogen and oxygen atoms in total. The molecule has 1 heterocycles. The van der Waals surface area contributed by atoms with Crippen molar-refractivity contribution in [1.82, 2.24) is 15.3 Å². The summed E-state index contributed by atoms with van der Waals surface area (Å²) >= 11 is 0. The van der Waals surface area contributed by atoms with Gasteiger partial charge in [-0.3, -0.25) is 4.79 Å². The van der Waals surface area contributed by atoms with Crippen molar-refractivity contribution in [3.63, 3.8) is 0 Å². The second kappa shape index (κ2) is 9.48. The second-order valence-corrected chi connectivity index (χ2v) is 7.15. The molecule has 1 aromatic carbocycles. The first kappa shape index (κ1) is 20.1. The fourth-order valence-electron chi connectivity index (χ4n) is 2.88. The summed E-state index contributed by atoms with van der Waals surface area (Å²) in [5.41, 5.74) is 2.54. The van der Waals surface area contributed by atoms with Crippen LogP contribution in [0.2, 0.25) is 0 Å². The zero-order chi connectivity index (χ0) is 19.1. The lowest BCUT2D eigenvalue weighted by Gasteiger charge is -2.15. The van der Waals surface area contributed by atoms with Crippen molar-refractivity contribution in [3.05, 3.63) is 41.5 Å². The largest absolute Gasteiger partial charge is 0.480 e. The highest BCUT2D eigenvalue weighted by Crippen LogP contribution is 2.14. The maximum Gasteiger partial charge on any atom is 0.321 e. The third-order valence-corrected chi connectivity index (χ3v) is 4.43. The van der Waals surface area contributed by atoms with E-state index in [4.69, 9.17) is 0 Å². The van der Waals surface area contributed by atoms with Crippen LogP contribution in [-0.2, 0) is 11.2 Å². The van der Waals surface area contributed by atoms with Crippen molar-refractivity contribution >= 4 is 17.0 Å². The van der Waals surface area contributed by atoms with Gasteiger partial charge in [-0.15, -0.1) is 0 Å². The maximum absolute atomic E-state index is 13.3. The molecule has 0 aliphatic rings. The van der Waals surface area contributed by atoms with Crippen LogP contribution < -0.4 is 5.32 Å². The Morgan fingerprint density at radius 1 is 1.38 bits per heavy atom. The Labute approximate surface area is 153 Å². The first-order chi connectivity index (χ1) is 12.3. The molecule has 0 unspecified atom stereocenters. The van der Waals surface area contributed by atoms with Crippen LogP contribution in [0.5, 0.6) is 0 Å². The number of hydrogen-bond donors (Lipinski definition) is 3. The smallest absolute Gasteiger partial charge is 0.321 e. The van der Waals surface area contributed by atoms with Gasteiger partial charge >= 0.3 is 5.97 Å². The van der Waals surface area contributed by atoms with E-state index in [0.29, 0.717) is 29.3 Å². The van der Waals surface area contributed by atoms with Gasteiger partial charge in [-0.25, -0.2) is 9.37 Å². The predicted molar refractivity (Wildman–Crippen MR) is 102 cm³/mol. The summed E-state index contributed by atoms with van der Waals surface area (Å²) in [6.45, 7) is 7.01. The van der Waals surface area contributed by atoms with Crippen molar-refractivity contribution < 1.29 is 14.3 Å². The van der Waals surface area contributed by atoms with Crippen LogP contribution in [0.3, 0.4) is 0 Å². The van der Waals surface area contributed by atoms with E-state index in [0.717, 1.165) is 19.3 Å². The Kier molecular flexibility index (Phi) is 7.33. The number of carbonyl (C=O) groups is 1. The highest BCUT2D eigenvalue weighted by atomic mass is 19.1. The Bertz CT molecular complexity index is 766. The van der Waals surface area contributed by atoms with Crippen molar-refractivity contribution in [2.45, 2.75) is 52.5 Å². The van der Waals surface area contributed by atoms with Gasteiger partial charge in [0.05, 0.1) is 11.0 Å². The van der Waals surface area contributed by atoms with Gasteiger partial charge in [0.25, 0.3) is 0 Å². The van der Waals surface area contributed by atoms with E-state index in [-0.39, 0.29) is 12.2 Å². The van der Waals surface area contributed by atoms with Crippen molar-refractivity contribution in [1.29, 1.82) is 0 Å². The molecule has 142 valence electrons. The Morgan fingerprint density at radius 2 is 2.15 bits per heavy atom. The average Bonchev–Trinajstić information content (AvgIpc) is 2.94. The van der Waals surface area contributed by atoms with Gasteiger partial charge < -0.3 is 15.4 Å². The SMILES string of the molecule is CC(C)=CCC[C@H](C)CCN[C@H](Cc1nc2ccc(F)cc2[nH]1)C(=O)O. The highest BCUT2D eigenvalue weighted by Gasteiger charge is 2.19. The van der Waals surface area contributed by atoms with E-state index in [1.165, 1.54) is 17.7 Å². The van der Waals surface area contributed by atoms with Crippen LogP contribution in [0.1, 0.15) is 45.9 Å². The van der Waals surface area contributed by atoms with Gasteiger partial charge in [0, 0.05) is 6.42 Å². The van der Waals surface area contributed by atoms with Crippen LogP contribution in [0.15, 0.2) is 29.8 Å². The lowest BCUT2D eigenvalue weighted by Crippen LogP contribution is -2.39. The lowest BCUT2D eigenvalue weighted by molar-refractivity contribution is -0.139. The molecular weight excluding hydrogens is 333 g/mol. The number of hydrogen-bond acceptors (Lipinski definition) is 3. The van der Waals surface area contributed by atoms with Crippen LogP contribution in [0, 0.1) is 11.7 Å². The van der Waals surface area contributed by atoms with Crippen LogP contribution >= 0.6 is 0 Å². The number of halogens is 1. The van der Waals surface area contributed by atoms with Gasteiger partial charge in [-0.05, 0) is 63.8 Å². The topological polar surface area (TPSA) is 78.0 Å². The number of aromatic amines is 1. The second-order valence-electron chi connectivity index (χ2n) is 7.15. The van der Waals surface area contributed by atoms with Crippen LogP contribution in [0.4, 0.5) is 4.39 Å². The first-order valence-corrected chi connectivity index (χ1v) is 9.09. The lowest BCUT2D eigenvalue weighted by atomic mass is 10.0. The zero-order valence-corrected chi connectivity index (χ0v) is 15.7. The van der Waals surface area contributed by atoms with E-state index >= 15 is 0 Å². The minimum Gasteiger partial charge on any atom is -0.480 e. The van der Waals surface area contributed by atoms with E-state index in [1.54, 1.807) is 6.07 Å². The molecule has 0 fully saturated rings. The van der Waals surface area contributed by atoms with Crippen LogP contribution in [0.25, 0.3) is 11.0 Å². The quantitative estimate of drug-likeness (QED) is 0.558. The normalized spacial score (nSPS) is 13.5. The predicted octanol–water partition coefficient (Wildman–Crippen LogP) is 4.06. The molecule has 1 aromatic heterocycles. The molecule has 0 saturated heterocycles. The summed E-state index contributed by atoms with van der Waals surface area (Å²) in [4.78, 5) is 18.9. The molecule has 0 spiro atoms. The molecule has 0 radical (unpaired) electrons. The van der Waals surface area contributed by atoms with Crippen molar-refractivity contribution in [3.8, 4) is 0 Å². The Morgan fingerprint density at radius 3 is 2.85 bits per heavy atom. The molecule has 0 bridgehead atoms. The third-order valence-electron chi connectivity index (χ3n) is 4.43. The molecular formula is C20H28FN3O2. The van der Waals surface area contributed by atoms with E-state index < -0.39 is 12.0 Å². The summed E-state index contributed by atoms with van der Waals surface area (Å²) in [6, 6.07) is 3.58. The van der Waals surface area contributed by atoms with Gasteiger partial charge in [0.1, 0.15) is 17.7 Å². The summed E-state index contributed by atoms with van der Waals surface area (Å²) < 4.78 is 13.3. The van der Waals surface area contributed by atoms with Gasteiger partial charge in [0.2, 0.25) is 0 Å². The fraction of sp³-hybridized carbons (Fsp3) is 0.500. The Balaban J connectivity index is 1.86. The number of aliphatic carboxylic acids is 1. The van der Waals surface area contributed by atoms with Crippen molar-refractivity contribution in [2.24, 2.45) is 5.92 Å². The number of rotatable bonds is 10. The third kappa shape index (κ3) is 6.26. The van der Waals surface area contributed by atoms with Gasteiger partial charge in [-0.2, -0.15) is 0 Å². The number of H-pyrrole nitrogens is 1. The highest BCUT2D eigenvalue weighted by molar-refractivity contribution is 5.76. The van der Waals surface area contributed by atoms with Gasteiger partial charge in [0.15, 0.2) is 0 Å². The van der Waals surface area contributed by atoms with E-state index in [1.807, 2.05) is 0 Å². The minimum atomic E-state index is -0.908. The summed E-state index contributed by atoms with van der Waals surface area (Å²) in [5, 5.41) is 12.6. The number of carboxylic acids is 1. The molecule has 2 rings (SSSR count). The zero-order valence-electron chi connectivity index (χ0n) is 15.7. The molecule has 2 aromatic rings. The molecule has 0 amide bonds. The maximum atomic E-state index is 13.3. The monoisotopic (exact) mass is 361 g/mol. The van der Waals surface area contributed by atoms with Crippen LogP contribution in [-0.4, -0.2) is 33.6 Å².